The molecule has 1 aromatic carbocycles. The lowest BCUT2D eigenvalue weighted by Crippen LogP contribution is -2.20. The summed E-state index contributed by atoms with van der Waals surface area (Å²) >= 11 is 1.57. The van der Waals surface area contributed by atoms with Gasteiger partial charge in [-0.05, 0) is 37.3 Å². The van der Waals surface area contributed by atoms with Gasteiger partial charge in [0.05, 0.1) is 11.3 Å². The Morgan fingerprint density at radius 3 is 3.12 bits per heavy atom. The lowest BCUT2D eigenvalue weighted by Gasteiger charge is -2.19. The normalized spacial score (nSPS) is 15.9. The number of benzene rings is 1. The van der Waals surface area contributed by atoms with Crippen molar-refractivity contribution in [2.24, 2.45) is 5.92 Å². The van der Waals surface area contributed by atoms with E-state index in [4.69, 9.17) is 10.00 Å². The molecule has 1 aliphatic rings. The van der Waals surface area contributed by atoms with Crippen LogP contribution < -0.4 is 10.1 Å². The van der Waals surface area contributed by atoms with Crippen molar-refractivity contribution < 1.29 is 9.53 Å². The summed E-state index contributed by atoms with van der Waals surface area (Å²) in [6.45, 7) is 2.08. The molecule has 0 aliphatic heterocycles. The van der Waals surface area contributed by atoms with Gasteiger partial charge in [0.25, 0.3) is 5.91 Å². The van der Waals surface area contributed by atoms with E-state index in [1.165, 1.54) is 24.1 Å². The number of nitrogens with zero attached hydrogens (tertiary/aromatic N) is 2. The van der Waals surface area contributed by atoms with E-state index >= 15 is 0 Å². The summed E-state index contributed by atoms with van der Waals surface area (Å²) in [6, 6.07) is 8.93. The molecule has 1 aliphatic carbocycles. The number of rotatable bonds is 6. The SMILES string of the molecule is CCCC1CCc2nc(NC(=O)COc3ccccc3C#N)sc2C1. The second-order valence-electron chi connectivity index (χ2n) is 6.23. The highest BCUT2D eigenvalue weighted by Gasteiger charge is 2.22. The van der Waals surface area contributed by atoms with Gasteiger partial charge in [0.2, 0.25) is 0 Å². The van der Waals surface area contributed by atoms with E-state index in [9.17, 15) is 4.79 Å². The molecule has 3 rings (SSSR count). The summed E-state index contributed by atoms with van der Waals surface area (Å²) in [5.41, 5.74) is 1.55. The highest BCUT2D eigenvalue weighted by Crippen LogP contribution is 2.34. The number of fused-ring (bicyclic) bond motifs is 1. The van der Waals surface area contributed by atoms with Gasteiger partial charge in [0.15, 0.2) is 11.7 Å². The van der Waals surface area contributed by atoms with Crippen LogP contribution in [-0.4, -0.2) is 17.5 Å². The highest BCUT2D eigenvalue weighted by atomic mass is 32.1. The van der Waals surface area contributed by atoms with E-state index in [0.29, 0.717) is 16.4 Å². The van der Waals surface area contributed by atoms with Crippen molar-refractivity contribution in [3.05, 3.63) is 40.4 Å². The molecular formula is C19H21N3O2S. The number of thiazole rings is 1. The van der Waals surface area contributed by atoms with Crippen LogP contribution in [0.4, 0.5) is 5.13 Å². The van der Waals surface area contributed by atoms with E-state index in [-0.39, 0.29) is 12.5 Å². The molecule has 0 saturated carbocycles. The van der Waals surface area contributed by atoms with Gasteiger partial charge in [0, 0.05) is 4.88 Å². The van der Waals surface area contributed by atoms with Gasteiger partial charge in [-0.2, -0.15) is 5.26 Å². The Bertz CT molecular complexity index is 794. The number of anilines is 1. The van der Waals surface area contributed by atoms with Gasteiger partial charge in [0.1, 0.15) is 11.8 Å². The molecule has 1 amide bonds. The molecule has 2 aromatic rings. The van der Waals surface area contributed by atoms with Crippen molar-refractivity contribution in [2.75, 3.05) is 11.9 Å². The average molecular weight is 355 g/mol. The molecule has 1 atom stereocenters. The van der Waals surface area contributed by atoms with Crippen molar-refractivity contribution in [1.82, 2.24) is 4.98 Å². The average Bonchev–Trinajstić information content (AvgIpc) is 3.02. The van der Waals surface area contributed by atoms with E-state index in [1.54, 1.807) is 35.6 Å². The molecule has 0 spiro atoms. The zero-order chi connectivity index (χ0) is 17.6. The molecule has 0 radical (unpaired) electrons. The predicted molar refractivity (Wildman–Crippen MR) is 97.8 cm³/mol. The Labute approximate surface area is 151 Å². The Balaban J connectivity index is 1.56. The number of carbonyl (C=O) groups excluding carboxylic acids is 1. The Morgan fingerprint density at radius 1 is 1.48 bits per heavy atom. The second kappa shape index (κ2) is 8.13. The van der Waals surface area contributed by atoms with Crippen molar-refractivity contribution in [3.8, 4) is 11.8 Å². The standard InChI is InChI=1S/C19H21N3O2S/c1-2-5-13-8-9-15-17(10-13)25-19(21-15)22-18(23)12-24-16-7-4-3-6-14(16)11-20/h3-4,6-7,13H,2,5,8-10,12H2,1H3,(H,21,22,23). The number of para-hydroxylation sites is 1. The molecule has 130 valence electrons. The second-order valence-corrected chi connectivity index (χ2v) is 7.31. The fourth-order valence-electron chi connectivity index (χ4n) is 3.13. The Kier molecular flexibility index (Phi) is 5.67. The number of ether oxygens (including phenoxy) is 1. The molecule has 0 fully saturated rings. The third-order valence-electron chi connectivity index (χ3n) is 4.35. The third kappa shape index (κ3) is 4.37. The lowest BCUT2D eigenvalue weighted by molar-refractivity contribution is -0.118. The van der Waals surface area contributed by atoms with Gasteiger partial charge < -0.3 is 4.74 Å². The first-order valence-corrected chi connectivity index (χ1v) is 9.41. The van der Waals surface area contributed by atoms with Crippen LogP contribution in [0.1, 0.15) is 42.3 Å². The predicted octanol–water partition coefficient (Wildman–Crippen LogP) is 3.94. The molecule has 1 aromatic heterocycles. The summed E-state index contributed by atoms with van der Waals surface area (Å²) in [6.07, 6.45) is 5.72. The Hall–Kier alpha value is -2.39. The van der Waals surface area contributed by atoms with Gasteiger partial charge >= 0.3 is 0 Å². The first-order chi connectivity index (χ1) is 12.2. The number of aryl methyl sites for hydroxylation is 1. The molecule has 0 bridgehead atoms. The van der Waals surface area contributed by atoms with Crippen molar-refractivity contribution in [1.29, 1.82) is 5.26 Å². The van der Waals surface area contributed by atoms with Crippen LogP contribution in [0, 0.1) is 17.2 Å². The number of amides is 1. The maximum Gasteiger partial charge on any atom is 0.264 e. The highest BCUT2D eigenvalue weighted by molar-refractivity contribution is 7.15. The van der Waals surface area contributed by atoms with Crippen molar-refractivity contribution in [3.63, 3.8) is 0 Å². The summed E-state index contributed by atoms with van der Waals surface area (Å²) in [7, 11) is 0. The molecular weight excluding hydrogens is 334 g/mol. The van der Waals surface area contributed by atoms with Crippen molar-refractivity contribution >= 4 is 22.4 Å². The number of hydrogen-bond donors (Lipinski definition) is 1. The fraction of sp³-hybridized carbons (Fsp3) is 0.421. The summed E-state index contributed by atoms with van der Waals surface area (Å²) in [5.74, 6) is 0.900. The minimum absolute atomic E-state index is 0.138. The monoisotopic (exact) mass is 355 g/mol. The summed E-state index contributed by atoms with van der Waals surface area (Å²) < 4.78 is 5.46. The first-order valence-electron chi connectivity index (χ1n) is 8.60. The number of nitriles is 1. The maximum atomic E-state index is 12.1. The maximum absolute atomic E-state index is 12.1. The van der Waals surface area contributed by atoms with Gasteiger partial charge in [-0.15, -0.1) is 11.3 Å². The molecule has 25 heavy (non-hydrogen) atoms. The minimum Gasteiger partial charge on any atom is -0.482 e. The molecule has 1 heterocycles. The zero-order valence-corrected chi connectivity index (χ0v) is 15.1. The molecule has 1 unspecified atom stereocenters. The van der Waals surface area contributed by atoms with E-state index < -0.39 is 0 Å². The number of aromatic nitrogens is 1. The lowest BCUT2D eigenvalue weighted by atomic mass is 9.88. The topological polar surface area (TPSA) is 75.0 Å². The first kappa shape index (κ1) is 17.4. The van der Waals surface area contributed by atoms with E-state index in [1.807, 2.05) is 6.07 Å². The van der Waals surface area contributed by atoms with Gasteiger partial charge in [-0.1, -0.05) is 31.9 Å². The van der Waals surface area contributed by atoms with Crippen LogP contribution in [0.15, 0.2) is 24.3 Å². The number of nitrogens with one attached hydrogen (secondary N) is 1. The molecule has 0 saturated heterocycles. The van der Waals surface area contributed by atoms with E-state index in [0.717, 1.165) is 24.5 Å². The smallest absolute Gasteiger partial charge is 0.264 e. The number of carbonyl (C=O) groups is 1. The van der Waals surface area contributed by atoms with Crippen LogP contribution >= 0.6 is 11.3 Å². The van der Waals surface area contributed by atoms with Crippen molar-refractivity contribution in [2.45, 2.75) is 39.0 Å². The fourth-order valence-corrected chi connectivity index (χ4v) is 4.27. The van der Waals surface area contributed by atoms with Gasteiger partial charge in [-0.3, -0.25) is 10.1 Å². The quantitative estimate of drug-likeness (QED) is 0.852. The van der Waals surface area contributed by atoms with E-state index in [2.05, 4.69) is 17.2 Å². The largest absolute Gasteiger partial charge is 0.482 e. The summed E-state index contributed by atoms with van der Waals surface area (Å²) in [4.78, 5) is 18.0. The third-order valence-corrected chi connectivity index (χ3v) is 5.39. The zero-order valence-electron chi connectivity index (χ0n) is 14.2. The van der Waals surface area contributed by atoms with Crippen LogP contribution in [0.25, 0.3) is 0 Å². The minimum atomic E-state index is -0.260. The summed E-state index contributed by atoms with van der Waals surface area (Å²) in [5, 5.41) is 12.5. The van der Waals surface area contributed by atoms with Crippen LogP contribution in [0.5, 0.6) is 5.75 Å². The molecule has 6 heteroatoms. The van der Waals surface area contributed by atoms with Crippen LogP contribution in [-0.2, 0) is 17.6 Å². The van der Waals surface area contributed by atoms with Crippen LogP contribution in [0.3, 0.4) is 0 Å². The molecule has 5 nitrogen and oxygen atoms in total. The van der Waals surface area contributed by atoms with Gasteiger partial charge in [-0.25, -0.2) is 4.98 Å². The Morgan fingerprint density at radius 2 is 2.32 bits per heavy atom. The number of hydrogen-bond acceptors (Lipinski definition) is 5. The van der Waals surface area contributed by atoms with Crippen LogP contribution in [0.2, 0.25) is 0 Å². The molecule has 1 N–H and O–H groups in total.